The molecular weight excluding hydrogens is 466 g/mol. The van der Waals surface area contributed by atoms with E-state index in [0.29, 0.717) is 6.07 Å². The number of halogens is 6. The molecule has 13 heteroatoms. The Morgan fingerprint density at radius 3 is 2.18 bits per heavy atom. The van der Waals surface area contributed by atoms with Crippen molar-refractivity contribution in [1.29, 1.82) is 10.8 Å². The van der Waals surface area contributed by atoms with E-state index in [4.69, 9.17) is 15.6 Å². The van der Waals surface area contributed by atoms with Crippen molar-refractivity contribution in [1.82, 2.24) is 19.7 Å². The van der Waals surface area contributed by atoms with Gasteiger partial charge in [-0.1, -0.05) is 18.2 Å². The highest BCUT2D eigenvalue weighted by Crippen LogP contribution is 2.39. The summed E-state index contributed by atoms with van der Waals surface area (Å²) in [6.45, 7) is 0. The molecule has 0 saturated heterocycles. The quantitative estimate of drug-likeness (QED) is 0.241. The molecule has 0 aliphatic rings. The zero-order chi connectivity index (χ0) is 24.7. The molecule has 0 aliphatic heterocycles. The van der Waals surface area contributed by atoms with E-state index in [2.05, 4.69) is 15.1 Å². The average Bonchev–Trinajstić information content (AvgIpc) is 2.80. The molecule has 2 aromatic heterocycles. The second-order valence-corrected chi connectivity index (χ2v) is 6.90. The number of benzene rings is 2. The van der Waals surface area contributed by atoms with Crippen LogP contribution >= 0.6 is 0 Å². The number of nitrogens with one attached hydrogen (secondary N) is 2. The molecule has 0 bridgehead atoms. The number of aromatic nitrogens is 4. The predicted octanol–water partition coefficient (Wildman–Crippen LogP) is 5.17. The van der Waals surface area contributed by atoms with Crippen LogP contribution in [-0.4, -0.2) is 31.8 Å². The van der Waals surface area contributed by atoms with Gasteiger partial charge in [0.05, 0.1) is 5.56 Å². The molecule has 2 N–H and O–H groups in total. The fourth-order valence-electron chi connectivity index (χ4n) is 3.11. The molecule has 0 spiro atoms. The largest absolute Gasteiger partial charge is 0.451 e. The molecule has 0 aliphatic carbocycles. The monoisotopic (exact) mass is 478 g/mol. The Bertz CT molecular complexity index is 1450. The van der Waals surface area contributed by atoms with Gasteiger partial charge in [0.1, 0.15) is 12.1 Å². The maximum Gasteiger partial charge on any atom is 0.451 e. The van der Waals surface area contributed by atoms with E-state index in [1.54, 1.807) is 0 Å². The fourth-order valence-corrected chi connectivity index (χ4v) is 3.11. The van der Waals surface area contributed by atoms with Crippen molar-refractivity contribution in [3.05, 3.63) is 72.2 Å². The lowest BCUT2D eigenvalue weighted by atomic mass is 10.0. The molecule has 4 aromatic rings. The number of hydrogen-bond donors (Lipinski definition) is 2. The van der Waals surface area contributed by atoms with Crippen molar-refractivity contribution in [2.45, 2.75) is 12.4 Å². The van der Waals surface area contributed by atoms with Gasteiger partial charge >= 0.3 is 12.4 Å². The van der Waals surface area contributed by atoms with Gasteiger partial charge in [-0.05, 0) is 24.3 Å². The summed E-state index contributed by atoms with van der Waals surface area (Å²) in [6.07, 6.45) is -6.03. The van der Waals surface area contributed by atoms with E-state index < -0.39 is 35.1 Å². The van der Waals surface area contributed by atoms with Crippen LogP contribution in [0, 0.1) is 10.8 Å². The van der Waals surface area contributed by atoms with Crippen LogP contribution in [0.3, 0.4) is 0 Å². The second kappa shape index (κ2) is 8.24. The SMILES string of the molecule is N=C(n1nc(Oc2cc(C(F)(F)F)ccc2-c2cncnc2)c2ccccc2c1=N)C(F)(F)F. The predicted molar refractivity (Wildman–Crippen MR) is 107 cm³/mol. The van der Waals surface area contributed by atoms with Crippen LogP contribution in [0.25, 0.3) is 21.9 Å². The van der Waals surface area contributed by atoms with Gasteiger partial charge in [0.2, 0.25) is 11.7 Å². The van der Waals surface area contributed by atoms with Gasteiger partial charge in [-0.25, -0.2) is 9.97 Å². The van der Waals surface area contributed by atoms with Crippen LogP contribution in [0.15, 0.2) is 61.2 Å². The summed E-state index contributed by atoms with van der Waals surface area (Å²) in [5, 5.41) is 19.1. The highest BCUT2D eigenvalue weighted by molar-refractivity contribution is 5.91. The highest BCUT2D eigenvalue weighted by atomic mass is 19.4. The van der Waals surface area contributed by atoms with Crippen LogP contribution < -0.4 is 10.2 Å². The summed E-state index contributed by atoms with van der Waals surface area (Å²) in [6, 6.07) is 8.24. The summed E-state index contributed by atoms with van der Waals surface area (Å²) in [5.74, 6) is -2.88. The first-order valence-electron chi connectivity index (χ1n) is 9.34. The Morgan fingerprint density at radius 1 is 0.912 bits per heavy atom. The van der Waals surface area contributed by atoms with Crippen molar-refractivity contribution in [2.24, 2.45) is 0 Å². The lowest BCUT2D eigenvalue weighted by molar-refractivity contribution is -0.137. The number of hydrogen-bond acceptors (Lipinski definition) is 6. The Labute approximate surface area is 186 Å². The molecule has 0 radical (unpaired) electrons. The van der Waals surface area contributed by atoms with E-state index in [0.717, 1.165) is 12.1 Å². The average molecular weight is 478 g/mol. The Kier molecular flexibility index (Phi) is 5.55. The van der Waals surface area contributed by atoms with Crippen molar-refractivity contribution in [3.63, 3.8) is 0 Å². The molecular formula is C21H12F6N6O. The number of fused-ring (bicyclic) bond motifs is 1. The Balaban J connectivity index is 1.96. The summed E-state index contributed by atoms with van der Waals surface area (Å²) < 4.78 is 85.3. The zero-order valence-electron chi connectivity index (χ0n) is 16.7. The summed E-state index contributed by atoms with van der Waals surface area (Å²) >= 11 is 0. The van der Waals surface area contributed by atoms with Gasteiger partial charge in [0.15, 0.2) is 5.49 Å². The van der Waals surface area contributed by atoms with Gasteiger partial charge in [-0.15, -0.1) is 5.10 Å². The maximum absolute atomic E-state index is 13.4. The number of rotatable bonds is 3. The fraction of sp³-hybridized carbons (Fsp3) is 0.0952. The minimum Gasteiger partial charge on any atom is -0.436 e. The van der Waals surface area contributed by atoms with Crippen LogP contribution in [0.2, 0.25) is 0 Å². The third-order valence-electron chi connectivity index (χ3n) is 4.68. The highest BCUT2D eigenvalue weighted by Gasteiger charge is 2.38. The standard InChI is InChI=1S/C21H12F6N6O/c22-20(23,24)12-5-6-13(11-8-30-10-31-9-11)16(7-12)34-18-15-4-2-1-3-14(15)17(28)33(32-18)19(29)21(25,26)27/h1-10,28-29H. The van der Waals surface area contributed by atoms with Crippen LogP contribution in [0.1, 0.15) is 5.56 Å². The lowest BCUT2D eigenvalue weighted by Crippen LogP contribution is -2.38. The first-order chi connectivity index (χ1) is 16.0. The van der Waals surface area contributed by atoms with E-state index >= 15 is 0 Å². The van der Waals surface area contributed by atoms with Crippen molar-refractivity contribution in [3.8, 4) is 22.8 Å². The summed E-state index contributed by atoms with van der Waals surface area (Å²) in [7, 11) is 0. The molecule has 7 nitrogen and oxygen atoms in total. The number of nitrogens with zero attached hydrogens (tertiary/aromatic N) is 4. The van der Waals surface area contributed by atoms with Gasteiger partial charge in [-0.2, -0.15) is 31.0 Å². The molecule has 4 rings (SSSR count). The molecule has 0 fully saturated rings. The zero-order valence-corrected chi connectivity index (χ0v) is 16.7. The van der Waals surface area contributed by atoms with Gasteiger partial charge in [0.25, 0.3) is 0 Å². The normalized spacial score (nSPS) is 12.1. The van der Waals surface area contributed by atoms with E-state index in [1.807, 2.05) is 0 Å². The lowest BCUT2D eigenvalue weighted by Gasteiger charge is -2.17. The van der Waals surface area contributed by atoms with Gasteiger partial charge < -0.3 is 4.74 Å². The molecule has 2 heterocycles. The van der Waals surface area contributed by atoms with Crippen molar-refractivity contribution in [2.75, 3.05) is 0 Å². The minimum absolute atomic E-state index is 0.0105. The molecule has 0 amide bonds. The number of alkyl halides is 6. The second-order valence-electron chi connectivity index (χ2n) is 6.90. The van der Waals surface area contributed by atoms with Gasteiger partial charge in [-0.3, -0.25) is 10.8 Å². The first-order valence-corrected chi connectivity index (χ1v) is 9.34. The van der Waals surface area contributed by atoms with E-state index in [-0.39, 0.29) is 32.3 Å². The molecule has 2 aromatic carbocycles. The maximum atomic E-state index is 13.4. The van der Waals surface area contributed by atoms with Crippen LogP contribution in [-0.2, 0) is 6.18 Å². The smallest absolute Gasteiger partial charge is 0.436 e. The topological polar surface area (TPSA) is 101 Å². The molecule has 0 atom stereocenters. The first kappa shape index (κ1) is 22.9. The Hall–Kier alpha value is -4.29. The van der Waals surface area contributed by atoms with Crippen molar-refractivity contribution < 1.29 is 31.1 Å². The summed E-state index contributed by atoms with van der Waals surface area (Å²) in [4.78, 5) is 7.64. The van der Waals surface area contributed by atoms with Crippen LogP contribution in [0.4, 0.5) is 26.3 Å². The van der Waals surface area contributed by atoms with Crippen LogP contribution in [0.5, 0.6) is 11.6 Å². The van der Waals surface area contributed by atoms with Gasteiger partial charge in [0, 0.05) is 34.3 Å². The molecule has 34 heavy (non-hydrogen) atoms. The molecule has 0 unspecified atom stereocenters. The molecule has 174 valence electrons. The molecule has 0 saturated carbocycles. The third kappa shape index (κ3) is 4.31. The summed E-state index contributed by atoms with van der Waals surface area (Å²) in [5.41, 5.74) is -1.41. The third-order valence-corrected chi connectivity index (χ3v) is 4.68. The van der Waals surface area contributed by atoms with E-state index in [1.165, 1.54) is 43.0 Å². The van der Waals surface area contributed by atoms with E-state index in [9.17, 15) is 26.3 Å². The minimum atomic E-state index is -5.14. The number of ether oxygens (including phenoxy) is 1. The van der Waals surface area contributed by atoms with Crippen molar-refractivity contribution >= 4 is 16.6 Å². The Morgan fingerprint density at radius 2 is 1.56 bits per heavy atom.